The van der Waals surface area contributed by atoms with E-state index in [0.29, 0.717) is 11.5 Å². The molecule has 0 unspecified atom stereocenters. The first kappa shape index (κ1) is 12.4. The van der Waals surface area contributed by atoms with E-state index in [0.717, 1.165) is 26.9 Å². The number of methoxy groups -OCH3 is 1. The Hall–Kier alpha value is -2.62. The highest BCUT2D eigenvalue weighted by Crippen LogP contribution is 2.23. The van der Waals surface area contributed by atoms with Crippen LogP contribution in [0.2, 0.25) is 0 Å². The lowest BCUT2D eigenvalue weighted by Crippen LogP contribution is -2.34. The van der Waals surface area contributed by atoms with Crippen LogP contribution in [0.3, 0.4) is 0 Å². The molecule has 1 heterocycles. The Labute approximate surface area is 116 Å². The van der Waals surface area contributed by atoms with Crippen molar-refractivity contribution in [2.45, 2.75) is 6.92 Å². The second-order valence-electron chi connectivity index (χ2n) is 4.56. The third-order valence-electron chi connectivity index (χ3n) is 3.35. The highest BCUT2D eigenvalue weighted by atomic mass is 16.5. The summed E-state index contributed by atoms with van der Waals surface area (Å²) in [5, 5.41) is 13.2. The first-order chi connectivity index (χ1) is 9.70. The SMILES string of the molecule is COc1ccc2c(C)[n+]([O-])c(-c3ccccc3)nc2c1. The zero-order valence-corrected chi connectivity index (χ0v) is 11.3. The maximum Gasteiger partial charge on any atom is 0.334 e. The van der Waals surface area contributed by atoms with Crippen molar-refractivity contribution in [3.63, 3.8) is 0 Å². The Morgan fingerprint density at radius 1 is 1.10 bits per heavy atom. The molecule has 1 aromatic heterocycles. The van der Waals surface area contributed by atoms with Gasteiger partial charge in [-0.1, -0.05) is 18.2 Å². The Bertz CT molecular complexity index is 770. The first-order valence-corrected chi connectivity index (χ1v) is 6.34. The lowest BCUT2D eigenvalue weighted by Gasteiger charge is -2.11. The van der Waals surface area contributed by atoms with Gasteiger partial charge < -0.3 is 9.94 Å². The third-order valence-corrected chi connectivity index (χ3v) is 3.35. The lowest BCUT2D eigenvalue weighted by molar-refractivity contribution is -0.601. The van der Waals surface area contributed by atoms with Gasteiger partial charge in [0.1, 0.15) is 11.4 Å². The summed E-state index contributed by atoms with van der Waals surface area (Å²) >= 11 is 0. The Morgan fingerprint density at radius 2 is 1.85 bits per heavy atom. The summed E-state index contributed by atoms with van der Waals surface area (Å²) in [6.07, 6.45) is 0. The van der Waals surface area contributed by atoms with E-state index in [-0.39, 0.29) is 0 Å². The van der Waals surface area contributed by atoms with Crippen LogP contribution in [-0.2, 0) is 0 Å². The van der Waals surface area contributed by atoms with E-state index in [1.54, 1.807) is 14.0 Å². The number of nitrogens with zero attached hydrogens (tertiary/aromatic N) is 2. The minimum Gasteiger partial charge on any atom is -0.710 e. The number of hydrogen-bond acceptors (Lipinski definition) is 3. The van der Waals surface area contributed by atoms with Crippen molar-refractivity contribution in [1.29, 1.82) is 0 Å². The smallest absolute Gasteiger partial charge is 0.334 e. The fraction of sp³-hybridized carbons (Fsp3) is 0.125. The molecule has 0 aliphatic heterocycles. The molecule has 2 aromatic carbocycles. The van der Waals surface area contributed by atoms with Gasteiger partial charge in [-0.3, -0.25) is 0 Å². The maximum atomic E-state index is 12.4. The number of ether oxygens (including phenoxy) is 1. The number of fused-ring (bicyclic) bond motifs is 1. The number of aromatic nitrogens is 2. The topological polar surface area (TPSA) is 49.1 Å². The second-order valence-corrected chi connectivity index (χ2v) is 4.56. The highest BCUT2D eigenvalue weighted by molar-refractivity contribution is 5.82. The van der Waals surface area contributed by atoms with Gasteiger partial charge in [-0.05, 0) is 36.2 Å². The van der Waals surface area contributed by atoms with E-state index < -0.39 is 0 Å². The van der Waals surface area contributed by atoms with E-state index in [4.69, 9.17) is 4.74 Å². The summed E-state index contributed by atoms with van der Waals surface area (Å²) in [5.74, 6) is 1.14. The summed E-state index contributed by atoms with van der Waals surface area (Å²) in [6.45, 7) is 1.80. The molecule has 0 amide bonds. The standard InChI is InChI=1S/C16H14N2O2/c1-11-14-9-8-13(20-2)10-15(14)17-16(18(11)19)12-6-4-3-5-7-12/h3-10H,1-2H3. The molecule has 3 aromatic rings. The van der Waals surface area contributed by atoms with Crippen LogP contribution >= 0.6 is 0 Å². The molecule has 100 valence electrons. The lowest BCUT2D eigenvalue weighted by atomic mass is 10.1. The molecule has 0 bridgehead atoms. The summed E-state index contributed by atoms with van der Waals surface area (Å²) in [4.78, 5) is 4.48. The number of aryl methyl sites for hydroxylation is 1. The van der Waals surface area contributed by atoms with Gasteiger partial charge >= 0.3 is 5.82 Å². The van der Waals surface area contributed by atoms with Gasteiger partial charge in [0.25, 0.3) is 0 Å². The molecule has 3 rings (SSSR count). The minimum absolute atomic E-state index is 0.406. The van der Waals surface area contributed by atoms with E-state index in [9.17, 15) is 5.21 Å². The third kappa shape index (κ3) is 1.95. The Balaban J connectivity index is 2.31. The molecule has 4 nitrogen and oxygen atoms in total. The quantitative estimate of drug-likeness (QED) is 0.529. The molecule has 0 aliphatic carbocycles. The van der Waals surface area contributed by atoms with Crippen molar-refractivity contribution in [3.8, 4) is 17.1 Å². The molecule has 20 heavy (non-hydrogen) atoms. The van der Waals surface area contributed by atoms with Crippen molar-refractivity contribution < 1.29 is 9.47 Å². The zero-order chi connectivity index (χ0) is 14.1. The van der Waals surface area contributed by atoms with Crippen molar-refractivity contribution in [2.24, 2.45) is 0 Å². The summed E-state index contributed by atoms with van der Waals surface area (Å²) < 4.78 is 6.09. The van der Waals surface area contributed by atoms with E-state index in [1.807, 2.05) is 48.5 Å². The molecular formula is C16H14N2O2. The normalized spacial score (nSPS) is 10.7. The molecule has 0 atom stereocenters. The van der Waals surface area contributed by atoms with Gasteiger partial charge in [-0.15, -0.1) is 0 Å². The predicted molar refractivity (Wildman–Crippen MR) is 77.4 cm³/mol. The van der Waals surface area contributed by atoms with Crippen LogP contribution in [-0.4, -0.2) is 12.1 Å². The molecule has 0 saturated carbocycles. The Morgan fingerprint density at radius 3 is 2.55 bits per heavy atom. The Kier molecular flexibility index (Phi) is 2.99. The van der Waals surface area contributed by atoms with Crippen LogP contribution in [0.4, 0.5) is 0 Å². The number of rotatable bonds is 2. The predicted octanol–water partition coefficient (Wildman–Crippen LogP) is 2.85. The van der Waals surface area contributed by atoms with E-state index in [1.165, 1.54) is 0 Å². The molecule has 0 aliphatic rings. The molecule has 0 fully saturated rings. The van der Waals surface area contributed by atoms with Crippen LogP contribution in [0.15, 0.2) is 48.5 Å². The monoisotopic (exact) mass is 266 g/mol. The van der Waals surface area contributed by atoms with Crippen molar-refractivity contribution in [2.75, 3.05) is 7.11 Å². The molecule has 0 radical (unpaired) electrons. The van der Waals surface area contributed by atoms with Crippen LogP contribution in [0.5, 0.6) is 5.75 Å². The van der Waals surface area contributed by atoms with Crippen LogP contribution in [0.25, 0.3) is 22.3 Å². The maximum absolute atomic E-state index is 12.4. The fourth-order valence-electron chi connectivity index (χ4n) is 2.23. The van der Waals surface area contributed by atoms with Gasteiger partial charge in [0.15, 0.2) is 5.52 Å². The molecule has 4 heteroatoms. The van der Waals surface area contributed by atoms with Crippen LogP contribution in [0.1, 0.15) is 5.69 Å². The van der Waals surface area contributed by atoms with Crippen LogP contribution in [0, 0.1) is 12.1 Å². The average molecular weight is 266 g/mol. The highest BCUT2D eigenvalue weighted by Gasteiger charge is 2.17. The fourth-order valence-corrected chi connectivity index (χ4v) is 2.23. The first-order valence-electron chi connectivity index (χ1n) is 6.34. The summed E-state index contributed by atoms with van der Waals surface area (Å²) in [7, 11) is 1.61. The van der Waals surface area contributed by atoms with Crippen LogP contribution < -0.4 is 9.47 Å². The molecule has 0 saturated heterocycles. The van der Waals surface area contributed by atoms with Crippen molar-refractivity contribution >= 4 is 10.9 Å². The summed E-state index contributed by atoms with van der Waals surface area (Å²) in [6, 6.07) is 15.0. The average Bonchev–Trinajstić information content (AvgIpc) is 2.51. The van der Waals surface area contributed by atoms with Gasteiger partial charge in [0.2, 0.25) is 0 Å². The van der Waals surface area contributed by atoms with Gasteiger partial charge in [0, 0.05) is 6.07 Å². The second kappa shape index (κ2) is 4.81. The van der Waals surface area contributed by atoms with Gasteiger partial charge in [0.05, 0.1) is 18.1 Å². The molecular weight excluding hydrogens is 252 g/mol. The van der Waals surface area contributed by atoms with Gasteiger partial charge in [-0.25, -0.2) is 4.73 Å². The summed E-state index contributed by atoms with van der Waals surface area (Å²) in [5.41, 5.74) is 2.19. The number of hydrogen-bond donors (Lipinski definition) is 0. The van der Waals surface area contributed by atoms with Crippen molar-refractivity contribution in [1.82, 2.24) is 4.98 Å². The molecule has 0 N–H and O–H groups in total. The van der Waals surface area contributed by atoms with E-state index in [2.05, 4.69) is 4.98 Å². The zero-order valence-electron chi connectivity index (χ0n) is 11.3. The van der Waals surface area contributed by atoms with Crippen molar-refractivity contribution in [3.05, 3.63) is 59.4 Å². The number of benzene rings is 2. The van der Waals surface area contributed by atoms with Gasteiger partial charge in [-0.2, -0.15) is 0 Å². The minimum atomic E-state index is 0.406. The van der Waals surface area contributed by atoms with E-state index >= 15 is 0 Å². The molecule has 0 spiro atoms. The largest absolute Gasteiger partial charge is 0.710 e.